The third-order valence-corrected chi connectivity index (χ3v) is 6.27. The Kier molecular flexibility index (Phi) is 6.13. The van der Waals surface area contributed by atoms with Gasteiger partial charge >= 0.3 is 0 Å². The standard InChI is InChI=1S/C21H33N3O/c1-3-24(4-2)15-18-10-8-17(9-11-18)13-23-20(25)21-12-6-5-7-19(21)14-22-16-21/h8-11,19,22H,3-7,12-16H2,1-2H3,(H,23,25)/t19-,21+/m0/s1. The van der Waals surface area contributed by atoms with Crippen LogP contribution in [0.5, 0.6) is 0 Å². The van der Waals surface area contributed by atoms with Crippen LogP contribution in [-0.2, 0) is 17.9 Å². The average molecular weight is 344 g/mol. The number of nitrogens with zero attached hydrogens (tertiary/aromatic N) is 1. The largest absolute Gasteiger partial charge is 0.351 e. The number of benzene rings is 1. The highest BCUT2D eigenvalue weighted by atomic mass is 16.2. The second-order valence-corrected chi connectivity index (χ2v) is 7.69. The van der Waals surface area contributed by atoms with Crippen molar-refractivity contribution in [1.29, 1.82) is 0 Å². The van der Waals surface area contributed by atoms with E-state index in [1.165, 1.54) is 30.4 Å². The molecule has 0 radical (unpaired) electrons. The van der Waals surface area contributed by atoms with Crippen LogP contribution in [0.25, 0.3) is 0 Å². The van der Waals surface area contributed by atoms with Gasteiger partial charge in [0.25, 0.3) is 0 Å². The molecular weight excluding hydrogens is 310 g/mol. The van der Waals surface area contributed by atoms with Gasteiger partial charge in [0.15, 0.2) is 0 Å². The lowest BCUT2D eigenvalue weighted by molar-refractivity contribution is -0.134. The van der Waals surface area contributed by atoms with Gasteiger partial charge in [0.2, 0.25) is 5.91 Å². The van der Waals surface area contributed by atoms with Crippen LogP contribution in [0, 0.1) is 11.3 Å². The lowest BCUT2D eigenvalue weighted by Crippen LogP contribution is -2.47. The van der Waals surface area contributed by atoms with E-state index in [4.69, 9.17) is 0 Å². The fraction of sp³-hybridized carbons (Fsp3) is 0.667. The minimum Gasteiger partial charge on any atom is -0.351 e. The van der Waals surface area contributed by atoms with Gasteiger partial charge in [0.1, 0.15) is 0 Å². The zero-order valence-corrected chi connectivity index (χ0v) is 15.8. The summed E-state index contributed by atoms with van der Waals surface area (Å²) in [6.45, 7) is 10.0. The molecule has 1 saturated heterocycles. The Labute approximate surface area is 152 Å². The number of amides is 1. The fourth-order valence-corrected chi connectivity index (χ4v) is 4.52. The topological polar surface area (TPSA) is 44.4 Å². The molecule has 1 saturated carbocycles. The molecular formula is C21H33N3O. The highest BCUT2D eigenvalue weighted by molar-refractivity contribution is 5.83. The van der Waals surface area contributed by atoms with Crippen molar-refractivity contribution in [3.8, 4) is 0 Å². The van der Waals surface area contributed by atoms with Gasteiger partial charge < -0.3 is 10.6 Å². The summed E-state index contributed by atoms with van der Waals surface area (Å²) in [5.74, 6) is 0.784. The van der Waals surface area contributed by atoms with Crippen molar-refractivity contribution < 1.29 is 4.79 Å². The number of fused-ring (bicyclic) bond motifs is 1. The van der Waals surface area contributed by atoms with Crippen molar-refractivity contribution >= 4 is 5.91 Å². The number of rotatable bonds is 7. The molecule has 0 spiro atoms. The lowest BCUT2D eigenvalue weighted by Gasteiger charge is -2.37. The molecule has 0 aromatic heterocycles. The third-order valence-electron chi connectivity index (χ3n) is 6.27. The van der Waals surface area contributed by atoms with Gasteiger partial charge in [-0.05, 0) is 49.5 Å². The van der Waals surface area contributed by atoms with E-state index in [1.54, 1.807) is 0 Å². The lowest BCUT2D eigenvalue weighted by atomic mass is 9.67. The molecule has 25 heavy (non-hydrogen) atoms. The monoisotopic (exact) mass is 343 g/mol. The van der Waals surface area contributed by atoms with Gasteiger partial charge in [-0.1, -0.05) is 51.0 Å². The first-order chi connectivity index (χ1) is 12.2. The van der Waals surface area contributed by atoms with E-state index in [0.29, 0.717) is 12.5 Å². The third kappa shape index (κ3) is 4.06. The SMILES string of the molecule is CCN(CC)Cc1ccc(CNC(=O)[C@@]23CCCC[C@H]2CNC3)cc1. The smallest absolute Gasteiger partial charge is 0.228 e. The molecule has 3 rings (SSSR count). The molecule has 1 aromatic rings. The van der Waals surface area contributed by atoms with Crippen LogP contribution >= 0.6 is 0 Å². The van der Waals surface area contributed by atoms with Crippen molar-refractivity contribution in [1.82, 2.24) is 15.5 Å². The molecule has 1 aromatic carbocycles. The summed E-state index contributed by atoms with van der Waals surface area (Å²) in [4.78, 5) is 15.3. The summed E-state index contributed by atoms with van der Waals surface area (Å²) >= 11 is 0. The molecule has 2 aliphatic rings. The van der Waals surface area contributed by atoms with Crippen LogP contribution in [0.3, 0.4) is 0 Å². The summed E-state index contributed by atoms with van der Waals surface area (Å²) in [5, 5.41) is 6.68. The van der Waals surface area contributed by atoms with Crippen LogP contribution < -0.4 is 10.6 Å². The van der Waals surface area contributed by atoms with E-state index in [-0.39, 0.29) is 11.3 Å². The van der Waals surface area contributed by atoms with E-state index in [1.807, 2.05) is 0 Å². The Hall–Kier alpha value is -1.39. The quantitative estimate of drug-likeness (QED) is 0.800. The Morgan fingerprint density at radius 3 is 2.64 bits per heavy atom. The van der Waals surface area contributed by atoms with Gasteiger partial charge in [0, 0.05) is 19.6 Å². The molecule has 0 unspecified atom stereocenters. The predicted octanol–water partition coefficient (Wildman–Crippen LogP) is 2.92. The van der Waals surface area contributed by atoms with Crippen LogP contribution in [-0.4, -0.2) is 37.0 Å². The number of hydrogen-bond acceptors (Lipinski definition) is 3. The van der Waals surface area contributed by atoms with E-state index in [2.05, 4.69) is 53.6 Å². The second kappa shape index (κ2) is 8.33. The van der Waals surface area contributed by atoms with Crippen molar-refractivity contribution in [2.24, 2.45) is 11.3 Å². The molecule has 138 valence electrons. The van der Waals surface area contributed by atoms with E-state index in [9.17, 15) is 4.79 Å². The average Bonchev–Trinajstić information content (AvgIpc) is 3.10. The minimum absolute atomic E-state index is 0.152. The molecule has 2 atom stereocenters. The van der Waals surface area contributed by atoms with Gasteiger partial charge in [-0.2, -0.15) is 0 Å². The van der Waals surface area contributed by atoms with Gasteiger partial charge in [-0.3, -0.25) is 9.69 Å². The summed E-state index contributed by atoms with van der Waals surface area (Å²) in [7, 11) is 0. The predicted molar refractivity (Wildman–Crippen MR) is 102 cm³/mol. The number of hydrogen-bond donors (Lipinski definition) is 2. The van der Waals surface area contributed by atoms with Crippen LogP contribution in [0.4, 0.5) is 0 Å². The maximum absolute atomic E-state index is 12.9. The first kappa shape index (κ1) is 18.4. The molecule has 0 bridgehead atoms. The number of carbonyl (C=O) groups is 1. The van der Waals surface area contributed by atoms with Crippen molar-refractivity contribution in [2.75, 3.05) is 26.2 Å². The molecule has 1 aliphatic carbocycles. The fourth-order valence-electron chi connectivity index (χ4n) is 4.52. The highest BCUT2D eigenvalue weighted by Gasteiger charge is 2.49. The Morgan fingerprint density at radius 1 is 1.20 bits per heavy atom. The van der Waals surface area contributed by atoms with Crippen molar-refractivity contribution in [3.05, 3.63) is 35.4 Å². The van der Waals surface area contributed by atoms with E-state index < -0.39 is 0 Å². The van der Waals surface area contributed by atoms with Crippen LogP contribution in [0.15, 0.2) is 24.3 Å². The Bertz CT molecular complexity index is 567. The summed E-state index contributed by atoms with van der Waals surface area (Å²) in [5.41, 5.74) is 2.37. The zero-order chi connectivity index (χ0) is 17.7. The van der Waals surface area contributed by atoms with Crippen LogP contribution in [0.2, 0.25) is 0 Å². The zero-order valence-electron chi connectivity index (χ0n) is 15.8. The molecule has 1 heterocycles. The second-order valence-electron chi connectivity index (χ2n) is 7.69. The molecule has 4 nitrogen and oxygen atoms in total. The highest BCUT2D eigenvalue weighted by Crippen LogP contribution is 2.43. The summed E-state index contributed by atoms with van der Waals surface area (Å²) in [6.07, 6.45) is 4.70. The molecule has 4 heteroatoms. The molecule has 2 N–H and O–H groups in total. The number of nitrogens with one attached hydrogen (secondary N) is 2. The Morgan fingerprint density at radius 2 is 1.92 bits per heavy atom. The number of carbonyl (C=O) groups excluding carboxylic acids is 1. The summed E-state index contributed by atoms with van der Waals surface area (Å²) < 4.78 is 0. The van der Waals surface area contributed by atoms with Gasteiger partial charge in [-0.25, -0.2) is 0 Å². The van der Waals surface area contributed by atoms with Crippen molar-refractivity contribution in [2.45, 2.75) is 52.6 Å². The van der Waals surface area contributed by atoms with Gasteiger partial charge in [0.05, 0.1) is 5.41 Å². The van der Waals surface area contributed by atoms with E-state index in [0.717, 1.165) is 39.1 Å². The first-order valence-corrected chi connectivity index (χ1v) is 9.97. The van der Waals surface area contributed by atoms with Crippen LogP contribution in [0.1, 0.15) is 50.7 Å². The molecule has 1 aliphatic heterocycles. The summed E-state index contributed by atoms with van der Waals surface area (Å²) in [6, 6.07) is 8.70. The maximum Gasteiger partial charge on any atom is 0.228 e. The maximum atomic E-state index is 12.9. The first-order valence-electron chi connectivity index (χ1n) is 9.97. The van der Waals surface area contributed by atoms with Crippen molar-refractivity contribution in [3.63, 3.8) is 0 Å². The minimum atomic E-state index is -0.152. The van der Waals surface area contributed by atoms with E-state index >= 15 is 0 Å². The molecule has 1 amide bonds. The normalized spacial score (nSPS) is 25.8. The van der Waals surface area contributed by atoms with Gasteiger partial charge in [-0.15, -0.1) is 0 Å². The Balaban J connectivity index is 1.55. The molecule has 2 fully saturated rings.